The van der Waals surface area contributed by atoms with E-state index < -0.39 is 4.92 Å². The molecule has 1 heterocycles. The van der Waals surface area contributed by atoms with Crippen molar-refractivity contribution >= 4 is 34.2 Å². The lowest BCUT2D eigenvalue weighted by Gasteiger charge is -2.22. The van der Waals surface area contributed by atoms with Gasteiger partial charge in [0, 0.05) is 28.9 Å². The Hall–Kier alpha value is -1.22. The Morgan fingerprint density at radius 2 is 2.35 bits per heavy atom. The zero-order chi connectivity index (χ0) is 14.5. The molecule has 0 bridgehead atoms. The maximum Gasteiger partial charge on any atom is 0.270 e. The van der Waals surface area contributed by atoms with E-state index in [1.807, 2.05) is 22.6 Å². The first-order valence-corrected chi connectivity index (χ1v) is 7.45. The van der Waals surface area contributed by atoms with Crippen molar-refractivity contribution in [3.05, 3.63) is 37.4 Å². The number of nitrogens with zero attached hydrogens (tertiary/aromatic N) is 1. The van der Waals surface area contributed by atoms with Gasteiger partial charge in [-0.05, 0) is 47.4 Å². The summed E-state index contributed by atoms with van der Waals surface area (Å²) in [5.41, 5.74) is 0.271. The second-order valence-electron chi connectivity index (χ2n) is 4.71. The van der Waals surface area contributed by atoms with E-state index in [0.29, 0.717) is 28.2 Å². The van der Waals surface area contributed by atoms with Gasteiger partial charge < -0.3 is 10.1 Å². The van der Waals surface area contributed by atoms with Crippen molar-refractivity contribution in [2.75, 3.05) is 19.8 Å². The molecule has 1 aliphatic heterocycles. The summed E-state index contributed by atoms with van der Waals surface area (Å²) in [6.07, 6.45) is 2.04. The first-order valence-electron chi connectivity index (χ1n) is 6.38. The molecule has 0 radical (unpaired) electrons. The highest BCUT2D eigenvalue weighted by Gasteiger charge is 2.18. The van der Waals surface area contributed by atoms with Crippen molar-refractivity contribution in [3.63, 3.8) is 0 Å². The third-order valence-corrected chi connectivity index (χ3v) is 4.15. The molecule has 1 atom stereocenters. The van der Waals surface area contributed by atoms with Crippen LogP contribution in [-0.2, 0) is 4.74 Å². The summed E-state index contributed by atoms with van der Waals surface area (Å²) in [6, 6.07) is 4.29. The van der Waals surface area contributed by atoms with Gasteiger partial charge in [0.25, 0.3) is 11.6 Å². The van der Waals surface area contributed by atoms with E-state index in [9.17, 15) is 14.9 Å². The number of non-ortho nitro benzene ring substituents is 1. The monoisotopic (exact) mass is 390 g/mol. The smallest absolute Gasteiger partial charge is 0.270 e. The molecule has 1 N–H and O–H groups in total. The van der Waals surface area contributed by atoms with Crippen molar-refractivity contribution in [1.29, 1.82) is 0 Å². The highest BCUT2D eigenvalue weighted by molar-refractivity contribution is 14.1. The number of carbonyl (C=O) groups is 1. The molecular weight excluding hydrogens is 375 g/mol. The molecule has 0 spiro atoms. The summed E-state index contributed by atoms with van der Waals surface area (Å²) in [4.78, 5) is 22.4. The number of halogens is 1. The lowest BCUT2D eigenvalue weighted by atomic mass is 10.0. The Labute approximate surface area is 130 Å². The minimum absolute atomic E-state index is 0.0726. The molecule has 6 nitrogen and oxygen atoms in total. The van der Waals surface area contributed by atoms with Gasteiger partial charge in [0.1, 0.15) is 0 Å². The number of hydrogen-bond donors (Lipinski definition) is 1. The molecular formula is C13H15IN2O4. The summed E-state index contributed by atoms with van der Waals surface area (Å²) in [5.74, 6) is 0.0488. The lowest BCUT2D eigenvalue weighted by molar-refractivity contribution is -0.384. The number of carbonyl (C=O) groups excluding carboxylic acids is 1. The Morgan fingerprint density at radius 1 is 1.55 bits per heavy atom. The molecule has 2 rings (SSSR count). The molecule has 108 valence electrons. The Balaban J connectivity index is 2.00. The summed E-state index contributed by atoms with van der Waals surface area (Å²) in [5, 5.41) is 13.6. The van der Waals surface area contributed by atoms with Crippen molar-refractivity contribution in [1.82, 2.24) is 5.32 Å². The predicted octanol–water partition coefficient (Wildman–Crippen LogP) is 2.36. The fourth-order valence-electron chi connectivity index (χ4n) is 2.10. The van der Waals surface area contributed by atoms with Gasteiger partial charge >= 0.3 is 0 Å². The van der Waals surface area contributed by atoms with Crippen LogP contribution in [0.1, 0.15) is 23.2 Å². The van der Waals surface area contributed by atoms with Gasteiger partial charge in [-0.15, -0.1) is 0 Å². The van der Waals surface area contributed by atoms with Gasteiger partial charge in [0.15, 0.2) is 0 Å². The van der Waals surface area contributed by atoms with Gasteiger partial charge in [0.05, 0.1) is 17.1 Å². The second-order valence-corrected chi connectivity index (χ2v) is 5.88. The van der Waals surface area contributed by atoms with Crippen LogP contribution in [0.4, 0.5) is 5.69 Å². The van der Waals surface area contributed by atoms with E-state index in [2.05, 4.69) is 5.32 Å². The van der Waals surface area contributed by atoms with Crippen molar-refractivity contribution in [2.45, 2.75) is 12.8 Å². The van der Waals surface area contributed by atoms with E-state index in [1.165, 1.54) is 12.1 Å². The van der Waals surface area contributed by atoms with Crippen molar-refractivity contribution < 1.29 is 14.5 Å². The van der Waals surface area contributed by atoms with E-state index in [1.54, 1.807) is 6.07 Å². The van der Waals surface area contributed by atoms with Gasteiger partial charge in [0.2, 0.25) is 0 Å². The minimum atomic E-state index is -0.498. The molecule has 1 saturated heterocycles. The second kappa shape index (κ2) is 6.98. The Morgan fingerprint density at radius 3 is 3.00 bits per heavy atom. The minimum Gasteiger partial charge on any atom is -0.381 e. The summed E-state index contributed by atoms with van der Waals surface area (Å²) >= 11 is 2.00. The molecule has 1 aliphatic rings. The number of benzene rings is 1. The fraction of sp³-hybridized carbons (Fsp3) is 0.462. The van der Waals surface area contributed by atoms with E-state index in [4.69, 9.17) is 4.74 Å². The van der Waals surface area contributed by atoms with Crippen LogP contribution >= 0.6 is 22.6 Å². The van der Waals surface area contributed by atoms with Crippen LogP contribution < -0.4 is 5.32 Å². The van der Waals surface area contributed by atoms with Crippen LogP contribution in [0.15, 0.2) is 18.2 Å². The highest BCUT2D eigenvalue weighted by atomic mass is 127. The van der Waals surface area contributed by atoms with E-state index in [-0.39, 0.29) is 11.6 Å². The molecule has 0 saturated carbocycles. The topological polar surface area (TPSA) is 81.5 Å². The molecule has 1 unspecified atom stereocenters. The zero-order valence-electron chi connectivity index (χ0n) is 10.8. The summed E-state index contributed by atoms with van der Waals surface area (Å²) in [7, 11) is 0. The van der Waals surface area contributed by atoms with Gasteiger partial charge in [-0.1, -0.05) is 0 Å². The number of rotatable bonds is 4. The average Bonchev–Trinajstić information content (AvgIpc) is 2.46. The van der Waals surface area contributed by atoms with E-state index >= 15 is 0 Å². The number of ether oxygens (including phenoxy) is 1. The maximum atomic E-state index is 12.1. The van der Waals surface area contributed by atoms with Gasteiger partial charge in [-0.2, -0.15) is 0 Å². The fourth-order valence-corrected chi connectivity index (χ4v) is 2.68. The summed E-state index contributed by atoms with van der Waals surface area (Å²) < 4.78 is 6.05. The molecule has 1 amide bonds. The van der Waals surface area contributed by atoms with Crippen LogP contribution in [0.2, 0.25) is 0 Å². The third-order valence-electron chi connectivity index (χ3n) is 3.21. The number of nitrogens with one attached hydrogen (secondary N) is 1. The predicted molar refractivity (Wildman–Crippen MR) is 81.7 cm³/mol. The standard InChI is InChI=1S/C13H15IN2O4/c14-12-4-3-10(16(18)19)6-11(12)13(17)15-7-9-2-1-5-20-8-9/h3-4,6,9H,1-2,5,7-8H2,(H,15,17). The quantitative estimate of drug-likeness (QED) is 0.486. The van der Waals surface area contributed by atoms with Gasteiger partial charge in [-0.25, -0.2) is 0 Å². The molecule has 7 heteroatoms. The Kier molecular flexibility index (Phi) is 5.30. The molecule has 1 fully saturated rings. The first-order chi connectivity index (χ1) is 9.58. The average molecular weight is 390 g/mol. The molecule has 0 aromatic heterocycles. The van der Waals surface area contributed by atoms with Crippen molar-refractivity contribution in [2.24, 2.45) is 5.92 Å². The lowest BCUT2D eigenvalue weighted by Crippen LogP contribution is -2.33. The van der Waals surface area contributed by atoms with Crippen molar-refractivity contribution in [3.8, 4) is 0 Å². The number of nitro groups is 1. The van der Waals surface area contributed by atoms with Crippen LogP contribution in [0.25, 0.3) is 0 Å². The third kappa shape index (κ3) is 3.89. The largest absolute Gasteiger partial charge is 0.381 e. The van der Waals surface area contributed by atoms with Crippen LogP contribution in [-0.4, -0.2) is 30.6 Å². The van der Waals surface area contributed by atoms with Gasteiger partial charge in [-0.3, -0.25) is 14.9 Å². The number of amides is 1. The molecule has 0 aliphatic carbocycles. The number of nitro benzene ring substituents is 1. The molecule has 20 heavy (non-hydrogen) atoms. The number of hydrogen-bond acceptors (Lipinski definition) is 4. The van der Waals surface area contributed by atoms with Crippen LogP contribution in [0.5, 0.6) is 0 Å². The summed E-state index contributed by atoms with van der Waals surface area (Å²) in [6.45, 7) is 1.98. The normalized spacial score (nSPS) is 18.6. The van der Waals surface area contributed by atoms with E-state index in [0.717, 1.165) is 19.4 Å². The molecule has 1 aromatic rings. The first kappa shape index (κ1) is 15.2. The Bertz CT molecular complexity index is 515. The zero-order valence-corrected chi connectivity index (χ0v) is 13.0. The highest BCUT2D eigenvalue weighted by Crippen LogP contribution is 2.20. The molecule has 1 aromatic carbocycles. The van der Waals surface area contributed by atoms with Crippen LogP contribution in [0.3, 0.4) is 0 Å². The van der Waals surface area contributed by atoms with Crippen LogP contribution in [0, 0.1) is 19.6 Å². The SMILES string of the molecule is O=C(NCC1CCCOC1)c1cc([N+](=O)[O-])ccc1I. The maximum absolute atomic E-state index is 12.1.